The third kappa shape index (κ3) is 4.70. The van der Waals surface area contributed by atoms with E-state index in [1.54, 1.807) is 0 Å². The minimum atomic E-state index is -2.47. The molecule has 0 rings (SSSR count). The summed E-state index contributed by atoms with van der Waals surface area (Å²) >= 11 is 0. The van der Waals surface area contributed by atoms with E-state index in [0.29, 0.717) is 0 Å². The second-order valence-corrected chi connectivity index (χ2v) is 4.02. The van der Waals surface area contributed by atoms with Crippen LogP contribution in [0.3, 0.4) is 0 Å². The standard InChI is InChI=1S/C9H19O3P/c1-4-7-9(6-3,8-5-2)12-13(10)11/h4-8H2,1-3H3/p+1. The van der Waals surface area contributed by atoms with Gasteiger partial charge in [0.15, 0.2) is 0 Å². The molecule has 0 aliphatic rings. The molecule has 0 aliphatic heterocycles. The second-order valence-electron chi connectivity index (χ2n) is 3.37. The first kappa shape index (κ1) is 13.0. The van der Waals surface area contributed by atoms with Gasteiger partial charge in [0.05, 0.1) is 0 Å². The van der Waals surface area contributed by atoms with Gasteiger partial charge in [-0.2, -0.15) is 0 Å². The number of hydrogen-bond acceptors (Lipinski definition) is 2. The van der Waals surface area contributed by atoms with Gasteiger partial charge in [-0.3, -0.25) is 0 Å². The molecule has 0 aromatic rings. The molecular weight excluding hydrogens is 187 g/mol. The van der Waals surface area contributed by atoms with Gasteiger partial charge < -0.3 is 0 Å². The first-order valence-corrected chi connectivity index (χ1v) is 6.08. The molecule has 0 aromatic heterocycles. The van der Waals surface area contributed by atoms with Crippen LogP contribution in [0, 0.1) is 0 Å². The molecule has 0 amide bonds. The molecular formula is C9H20O3P+. The maximum atomic E-state index is 10.6. The van der Waals surface area contributed by atoms with Crippen LogP contribution in [0.1, 0.15) is 52.9 Å². The Morgan fingerprint density at radius 3 is 1.92 bits per heavy atom. The minimum absolute atomic E-state index is 0.369. The largest absolute Gasteiger partial charge is 0.695 e. The van der Waals surface area contributed by atoms with Crippen molar-refractivity contribution in [3.05, 3.63) is 0 Å². The molecule has 3 nitrogen and oxygen atoms in total. The fourth-order valence-electron chi connectivity index (χ4n) is 1.71. The highest BCUT2D eigenvalue weighted by Crippen LogP contribution is 2.36. The average molecular weight is 207 g/mol. The lowest BCUT2D eigenvalue weighted by atomic mass is 9.90. The lowest BCUT2D eigenvalue weighted by molar-refractivity contribution is 0.0416. The van der Waals surface area contributed by atoms with Crippen molar-refractivity contribution in [1.82, 2.24) is 0 Å². The molecule has 1 unspecified atom stereocenters. The summed E-state index contributed by atoms with van der Waals surface area (Å²) in [6.45, 7) is 6.13. The maximum Gasteiger partial charge on any atom is 0.695 e. The van der Waals surface area contributed by atoms with Crippen LogP contribution < -0.4 is 0 Å². The minimum Gasteiger partial charge on any atom is -0.133 e. The van der Waals surface area contributed by atoms with E-state index in [2.05, 4.69) is 13.8 Å². The second kappa shape index (κ2) is 6.47. The van der Waals surface area contributed by atoms with Crippen LogP contribution in [0.25, 0.3) is 0 Å². The summed E-state index contributed by atoms with van der Waals surface area (Å²) in [6, 6.07) is 0. The van der Waals surface area contributed by atoms with Crippen LogP contribution in [0.2, 0.25) is 0 Å². The van der Waals surface area contributed by atoms with Crippen LogP contribution >= 0.6 is 8.25 Å². The molecule has 4 heteroatoms. The van der Waals surface area contributed by atoms with E-state index in [0.717, 1.165) is 32.1 Å². The molecule has 0 bridgehead atoms. The summed E-state index contributed by atoms with van der Waals surface area (Å²) < 4.78 is 15.8. The Morgan fingerprint density at radius 2 is 1.69 bits per heavy atom. The van der Waals surface area contributed by atoms with Gasteiger partial charge in [0.25, 0.3) is 0 Å². The van der Waals surface area contributed by atoms with Crippen molar-refractivity contribution >= 4 is 8.25 Å². The smallest absolute Gasteiger partial charge is 0.133 e. The first-order chi connectivity index (χ1) is 6.10. The van der Waals surface area contributed by atoms with Crippen LogP contribution in [-0.2, 0) is 9.09 Å². The van der Waals surface area contributed by atoms with E-state index in [9.17, 15) is 4.57 Å². The van der Waals surface area contributed by atoms with Crippen LogP contribution in [0.4, 0.5) is 0 Å². The Bertz CT molecular complexity index is 153. The van der Waals surface area contributed by atoms with Crippen molar-refractivity contribution in [2.75, 3.05) is 0 Å². The third-order valence-electron chi connectivity index (χ3n) is 2.33. The monoisotopic (exact) mass is 207 g/mol. The zero-order valence-electron chi connectivity index (χ0n) is 8.75. The molecule has 78 valence electrons. The van der Waals surface area contributed by atoms with Crippen molar-refractivity contribution in [2.45, 2.75) is 58.5 Å². The van der Waals surface area contributed by atoms with E-state index in [-0.39, 0.29) is 5.60 Å². The van der Waals surface area contributed by atoms with E-state index < -0.39 is 8.25 Å². The zero-order valence-corrected chi connectivity index (χ0v) is 9.64. The Balaban J connectivity index is 4.33. The third-order valence-corrected chi connectivity index (χ3v) is 2.87. The summed E-state index contributed by atoms with van der Waals surface area (Å²) in [5.74, 6) is 0. The molecule has 0 saturated carbocycles. The molecule has 0 spiro atoms. The van der Waals surface area contributed by atoms with Crippen molar-refractivity contribution in [3.63, 3.8) is 0 Å². The van der Waals surface area contributed by atoms with Crippen molar-refractivity contribution < 1.29 is 14.0 Å². The van der Waals surface area contributed by atoms with Crippen LogP contribution in [0.5, 0.6) is 0 Å². The molecule has 1 atom stereocenters. The van der Waals surface area contributed by atoms with E-state index in [1.807, 2.05) is 6.92 Å². The molecule has 1 N–H and O–H groups in total. The number of hydrogen-bond donors (Lipinski definition) is 1. The molecule has 0 saturated heterocycles. The van der Waals surface area contributed by atoms with Crippen molar-refractivity contribution in [2.24, 2.45) is 0 Å². The summed E-state index contributed by atoms with van der Waals surface area (Å²) in [4.78, 5) is 8.76. The fraction of sp³-hybridized carbons (Fsp3) is 1.00. The Kier molecular flexibility index (Phi) is 6.48. The van der Waals surface area contributed by atoms with Gasteiger partial charge >= 0.3 is 8.25 Å². The van der Waals surface area contributed by atoms with Gasteiger partial charge in [-0.25, -0.2) is 0 Å². The molecule has 0 heterocycles. The molecule has 13 heavy (non-hydrogen) atoms. The summed E-state index contributed by atoms with van der Waals surface area (Å²) in [5.41, 5.74) is -0.369. The predicted octanol–water partition coefficient (Wildman–Crippen LogP) is 3.40. The van der Waals surface area contributed by atoms with E-state index in [4.69, 9.17) is 9.42 Å². The first-order valence-electron chi connectivity index (χ1n) is 4.95. The van der Waals surface area contributed by atoms with Gasteiger partial charge in [-0.05, 0) is 19.3 Å². The maximum absolute atomic E-state index is 10.6. The molecule has 0 aliphatic carbocycles. The lowest BCUT2D eigenvalue weighted by Gasteiger charge is -2.24. The predicted molar refractivity (Wildman–Crippen MR) is 53.7 cm³/mol. The molecule has 0 radical (unpaired) electrons. The topological polar surface area (TPSA) is 46.5 Å². The van der Waals surface area contributed by atoms with Crippen LogP contribution in [-0.4, -0.2) is 10.5 Å². The summed E-state index contributed by atoms with van der Waals surface area (Å²) in [5, 5.41) is 0. The van der Waals surface area contributed by atoms with E-state index in [1.165, 1.54) is 0 Å². The van der Waals surface area contributed by atoms with Crippen LogP contribution in [0.15, 0.2) is 0 Å². The van der Waals surface area contributed by atoms with Gasteiger partial charge in [-0.15, -0.1) is 9.42 Å². The SMILES string of the molecule is CCCC(CC)(CCC)O[P+](=O)O. The highest BCUT2D eigenvalue weighted by atomic mass is 31.1. The van der Waals surface area contributed by atoms with Crippen molar-refractivity contribution in [1.29, 1.82) is 0 Å². The van der Waals surface area contributed by atoms with E-state index >= 15 is 0 Å². The van der Waals surface area contributed by atoms with Crippen molar-refractivity contribution in [3.8, 4) is 0 Å². The summed E-state index contributed by atoms with van der Waals surface area (Å²) in [7, 11) is -2.47. The summed E-state index contributed by atoms with van der Waals surface area (Å²) in [6.07, 6.45) is 4.49. The molecule has 0 fully saturated rings. The molecule has 0 aromatic carbocycles. The van der Waals surface area contributed by atoms with Gasteiger partial charge in [0.2, 0.25) is 0 Å². The Morgan fingerprint density at radius 1 is 1.23 bits per heavy atom. The van der Waals surface area contributed by atoms with Gasteiger partial charge in [-0.1, -0.05) is 33.6 Å². The number of rotatable bonds is 7. The quantitative estimate of drug-likeness (QED) is 0.651. The average Bonchev–Trinajstić information content (AvgIpc) is 2.04. The highest BCUT2D eigenvalue weighted by molar-refractivity contribution is 7.32. The normalized spacial score (nSPS) is 13.1. The zero-order chi connectivity index (χ0) is 10.3. The highest BCUT2D eigenvalue weighted by Gasteiger charge is 2.36. The van der Waals surface area contributed by atoms with Gasteiger partial charge in [0.1, 0.15) is 5.60 Å². The Hall–Kier alpha value is 0.0200. The Labute approximate surface area is 81.4 Å². The lowest BCUT2D eigenvalue weighted by Crippen LogP contribution is -2.29. The fourth-order valence-corrected chi connectivity index (χ4v) is 2.35. The van der Waals surface area contributed by atoms with Gasteiger partial charge in [0, 0.05) is 4.57 Å².